The van der Waals surface area contributed by atoms with E-state index in [1.54, 1.807) is 7.11 Å². The molecule has 0 radical (unpaired) electrons. The van der Waals surface area contributed by atoms with Crippen molar-refractivity contribution >= 4 is 6.08 Å². The first kappa shape index (κ1) is 10.8. The summed E-state index contributed by atoms with van der Waals surface area (Å²) in [7, 11) is 1.69. The summed E-state index contributed by atoms with van der Waals surface area (Å²) in [4.78, 5) is 0. The number of allylic oxidation sites excluding steroid dienone is 1. The fraction of sp³-hybridized carbons (Fsp3) is 0.385. The van der Waals surface area contributed by atoms with Crippen molar-refractivity contribution in [2.45, 2.75) is 26.2 Å². The van der Waals surface area contributed by atoms with E-state index in [2.05, 4.69) is 25.1 Å². The minimum Gasteiger partial charge on any atom is -0.497 e. The van der Waals surface area contributed by atoms with Crippen LogP contribution in [-0.4, -0.2) is 7.11 Å². The van der Waals surface area contributed by atoms with Crippen LogP contribution >= 0.6 is 0 Å². The standard InChI is InChI=1S/C13H18O/c1-3-4-5-6-8-12-9-7-10-13(11-12)14-2/h6-11H,3-5H2,1-2H3. The Morgan fingerprint density at radius 1 is 1.36 bits per heavy atom. The van der Waals surface area contributed by atoms with Crippen molar-refractivity contribution in [3.05, 3.63) is 35.9 Å². The molecule has 0 amide bonds. The van der Waals surface area contributed by atoms with Crippen LogP contribution in [0.5, 0.6) is 5.75 Å². The Balaban J connectivity index is 2.53. The minimum atomic E-state index is 0.919. The van der Waals surface area contributed by atoms with E-state index in [0.29, 0.717) is 0 Å². The Morgan fingerprint density at radius 3 is 2.93 bits per heavy atom. The number of methoxy groups -OCH3 is 1. The van der Waals surface area contributed by atoms with Gasteiger partial charge < -0.3 is 4.74 Å². The van der Waals surface area contributed by atoms with Gasteiger partial charge >= 0.3 is 0 Å². The lowest BCUT2D eigenvalue weighted by atomic mass is 10.1. The molecule has 0 atom stereocenters. The van der Waals surface area contributed by atoms with Gasteiger partial charge in [-0.3, -0.25) is 0 Å². The van der Waals surface area contributed by atoms with Crippen molar-refractivity contribution in [3.63, 3.8) is 0 Å². The third kappa shape index (κ3) is 3.65. The van der Waals surface area contributed by atoms with E-state index in [4.69, 9.17) is 4.74 Å². The number of ether oxygens (including phenoxy) is 1. The van der Waals surface area contributed by atoms with Crippen molar-refractivity contribution < 1.29 is 4.74 Å². The van der Waals surface area contributed by atoms with E-state index >= 15 is 0 Å². The number of benzene rings is 1. The van der Waals surface area contributed by atoms with Gasteiger partial charge in [-0.25, -0.2) is 0 Å². The monoisotopic (exact) mass is 190 g/mol. The molecular formula is C13H18O. The lowest BCUT2D eigenvalue weighted by molar-refractivity contribution is 0.414. The molecule has 0 aliphatic heterocycles. The molecule has 0 aromatic heterocycles. The Labute approximate surface area is 86.4 Å². The summed E-state index contributed by atoms with van der Waals surface area (Å²) >= 11 is 0. The molecule has 1 heteroatoms. The van der Waals surface area contributed by atoms with E-state index in [-0.39, 0.29) is 0 Å². The Bertz CT molecular complexity index is 289. The van der Waals surface area contributed by atoms with Gasteiger partial charge in [-0.15, -0.1) is 0 Å². The first-order valence-electron chi connectivity index (χ1n) is 5.17. The molecular weight excluding hydrogens is 172 g/mol. The summed E-state index contributed by atoms with van der Waals surface area (Å²) in [5.41, 5.74) is 1.21. The summed E-state index contributed by atoms with van der Waals surface area (Å²) in [6, 6.07) is 8.11. The summed E-state index contributed by atoms with van der Waals surface area (Å²) in [6.07, 6.45) is 8.05. The molecule has 0 N–H and O–H groups in total. The molecule has 14 heavy (non-hydrogen) atoms. The van der Waals surface area contributed by atoms with Gasteiger partial charge in [-0.1, -0.05) is 44.1 Å². The Hall–Kier alpha value is -1.24. The van der Waals surface area contributed by atoms with Gasteiger partial charge in [0.2, 0.25) is 0 Å². The zero-order valence-corrected chi connectivity index (χ0v) is 8.99. The number of rotatable bonds is 5. The fourth-order valence-corrected chi connectivity index (χ4v) is 1.29. The molecule has 0 heterocycles. The number of unbranched alkanes of at least 4 members (excludes halogenated alkanes) is 2. The molecule has 76 valence electrons. The maximum atomic E-state index is 5.15. The summed E-state index contributed by atoms with van der Waals surface area (Å²) in [5.74, 6) is 0.919. The quantitative estimate of drug-likeness (QED) is 0.640. The van der Waals surface area contributed by atoms with Gasteiger partial charge in [0.15, 0.2) is 0 Å². The first-order chi connectivity index (χ1) is 6.86. The SMILES string of the molecule is CCCCC=Cc1cccc(OC)c1. The van der Waals surface area contributed by atoms with Crippen LogP contribution in [0.2, 0.25) is 0 Å². The molecule has 0 spiro atoms. The highest BCUT2D eigenvalue weighted by atomic mass is 16.5. The molecule has 0 saturated heterocycles. The predicted molar refractivity (Wildman–Crippen MR) is 61.6 cm³/mol. The highest BCUT2D eigenvalue weighted by Crippen LogP contribution is 2.14. The highest BCUT2D eigenvalue weighted by molar-refractivity contribution is 5.51. The second-order valence-corrected chi connectivity index (χ2v) is 3.32. The fourth-order valence-electron chi connectivity index (χ4n) is 1.29. The maximum Gasteiger partial charge on any atom is 0.119 e. The summed E-state index contributed by atoms with van der Waals surface area (Å²) in [6.45, 7) is 2.21. The summed E-state index contributed by atoms with van der Waals surface area (Å²) < 4.78 is 5.15. The molecule has 0 saturated carbocycles. The molecule has 0 aliphatic carbocycles. The van der Waals surface area contributed by atoms with Crippen molar-refractivity contribution in [1.82, 2.24) is 0 Å². The van der Waals surface area contributed by atoms with Crippen LogP contribution in [0.25, 0.3) is 6.08 Å². The topological polar surface area (TPSA) is 9.23 Å². The predicted octanol–water partition coefficient (Wildman–Crippen LogP) is 3.90. The van der Waals surface area contributed by atoms with Gasteiger partial charge in [-0.2, -0.15) is 0 Å². The molecule has 1 aromatic rings. The van der Waals surface area contributed by atoms with Crippen molar-refractivity contribution in [2.24, 2.45) is 0 Å². The van der Waals surface area contributed by atoms with Crippen LogP contribution in [0.4, 0.5) is 0 Å². The normalized spacial score (nSPS) is 10.7. The second kappa shape index (κ2) is 6.25. The zero-order chi connectivity index (χ0) is 10.2. The van der Waals surface area contributed by atoms with Gasteiger partial charge in [0.1, 0.15) is 5.75 Å². The minimum absolute atomic E-state index is 0.919. The van der Waals surface area contributed by atoms with E-state index in [1.165, 1.54) is 18.4 Å². The average molecular weight is 190 g/mol. The van der Waals surface area contributed by atoms with Crippen molar-refractivity contribution in [1.29, 1.82) is 0 Å². The molecule has 1 rings (SSSR count). The molecule has 0 aliphatic rings. The van der Waals surface area contributed by atoms with Crippen LogP contribution < -0.4 is 4.74 Å². The van der Waals surface area contributed by atoms with E-state index < -0.39 is 0 Å². The van der Waals surface area contributed by atoms with Gasteiger partial charge in [0.05, 0.1) is 7.11 Å². The van der Waals surface area contributed by atoms with Crippen LogP contribution in [-0.2, 0) is 0 Å². The van der Waals surface area contributed by atoms with Crippen LogP contribution in [0.1, 0.15) is 31.7 Å². The van der Waals surface area contributed by atoms with Crippen LogP contribution in [0.15, 0.2) is 30.3 Å². The third-order valence-electron chi connectivity index (χ3n) is 2.13. The van der Waals surface area contributed by atoms with Crippen molar-refractivity contribution in [3.8, 4) is 5.75 Å². The molecule has 1 aromatic carbocycles. The molecule has 0 unspecified atom stereocenters. The van der Waals surface area contributed by atoms with E-state index in [0.717, 1.165) is 12.2 Å². The average Bonchev–Trinajstić information content (AvgIpc) is 2.25. The largest absolute Gasteiger partial charge is 0.497 e. The smallest absolute Gasteiger partial charge is 0.119 e. The van der Waals surface area contributed by atoms with Gasteiger partial charge in [0, 0.05) is 0 Å². The second-order valence-electron chi connectivity index (χ2n) is 3.32. The molecule has 0 bridgehead atoms. The lowest BCUT2D eigenvalue weighted by Gasteiger charge is -1.99. The van der Waals surface area contributed by atoms with Crippen molar-refractivity contribution in [2.75, 3.05) is 7.11 Å². The zero-order valence-electron chi connectivity index (χ0n) is 8.99. The molecule has 0 fully saturated rings. The van der Waals surface area contributed by atoms with E-state index in [9.17, 15) is 0 Å². The van der Waals surface area contributed by atoms with Crippen LogP contribution in [0.3, 0.4) is 0 Å². The highest BCUT2D eigenvalue weighted by Gasteiger charge is 1.90. The Morgan fingerprint density at radius 2 is 2.21 bits per heavy atom. The Kier molecular flexibility index (Phi) is 4.84. The van der Waals surface area contributed by atoms with Gasteiger partial charge in [-0.05, 0) is 24.1 Å². The van der Waals surface area contributed by atoms with Gasteiger partial charge in [0.25, 0.3) is 0 Å². The first-order valence-corrected chi connectivity index (χ1v) is 5.17. The lowest BCUT2D eigenvalue weighted by Crippen LogP contribution is -1.82. The number of hydrogen-bond donors (Lipinski definition) is 0. The van der Waals surface area contributed by atoms with E-state index in [1.807, 2.05) is 18.2 Å². The van der Waals surface area contributed by atoms with Crippen LogP contribution in [0, 0.1) is 0 Å². The summed E-state index contributed by atoms with van der Waals surface area (Å²) in [5, 5.41) is 0. The molecule has 1 nitrogen and oxygen atoms in total. The maximum absolute atomic E-state index is 5.15. The third-order valence-corrected chi connectivity index (χ3v) is 2.13. The number of hydrogen-bond acceptors (Lipinski definition) is 1.